The second-order valence-electron chi connectivity index (χ2n) is 4.30. The maximum atomic E-state index is 11.6. The number of methoxy groups -OCH3 is 1. The van der Waals surface area contributed by atoms with Crippen LogP contribution < -0.4 is 5.32 Å². The third kappa shape index (κ3) is 3.71. The van der Waals surface area contributed by atoms with Gasteiger partial charge in [0.05, 0.1) is 12.4 Å². The van der Waals surface area contributed by atoms with E-state index in [-0.39, 0.29) is 5.91 Å². The Morgan fingerprint density at radius 3 is 3.00 bits per heavy atom. The zero-order valence-corrected chi connectivity index (χ0v) is 11.5. The minimum Gasteiger partial charge on any atom is -0.383 e. The van der Waals surface area contributed by atoms with Crippen molar-refractivity contribution in [3.63, 3.8) is 0 Å². The van der Waals surface area contributed by atoms with Gasteiger partial charge in [-0.2, -0.15) is 0 Å². The van der Waals surface area contributed by atoms with Crippen LogP contribution in [-0.2, 0) is 16.1 Å². The molecule has 1 saturated carbocycles. The number of ether oxygens (including phenoxy) is 1. The minimum absolute atomic E-state index is 0.0708. The molecule has 1 fully saturated rings. The van der Waals surface area contributed by atoms with Crippen LogP contribution in [0, 0.1) is 6.92 Å². The zero-order valence-electron chi connectivity index (χ0n) is 10.7. The van der Waals surface area contributed by atoms with Gasteiger partial charge in [0, 0.05) is 19.7 Å². The van der Waals surface area contributed by atoms with Crippen LogP contribution in [0.2, 0.25) is 0 Å². The molecule has 7 heteroatoms. The zero-order chi connectivity index (χ0) is 13.0. The number of hydrogen-bond acceptors (Lipinski definition) is 5. The molecule has 1 aromatic heterocycles. The highest BCUT2D eigenvalue weighted by Crippen LogP contribution is 2.20. The standard InChI is InChI=1S/C11H18N4O2S/c1-8-13-14-11(15(8)5-6-17-2)18-7-10(16)12-9-3-4-9/h9H,3-7H2,1-2H3,(H,12,16). The summed E-state index contributed by atoms with van der Waals surface area (Å²) in [4.78, 5) is 11.6. The van der Waals surface area contributed by atoms with Crippen LogP contribution in [-0.4, -0.2) is 46.2 Å². The average Bonchev–Trinajstić information content (AvgIpc) is 3.08. The summed E-state index contributed by atoms with van der Waals surface area (Å²) in [5.74, 6) is 1.31. The van der Waals surface area contributed by atoms with Gasteiger partial charge in [-0.1, -0.05) is 11.8 Å². The van der Waals surface area contributed by atoms with E-state index in [2.05, 4.69) is 15.5 Å². The second-order valence-corrected chi connectivity index (χ2v) is 5.25. The number of aryl methyl sites for hydroxylation is 1. The van der Waals surface area contributed by atoms with Crippen molar-refractivity contribution in [3.05, 3.63) is 5.82 Å². The Labute approximate surface area is 110 Å². The molecule has 1 aliphatic carbocycles. The van der Waals surface area contributed by atoms with Gasteiger partial charge in [-0.3, -0.25) is 4.79 Å². The van der Waals surface area contributed by atoms with Crippen LogP contribution in [0.4, 0.5) is 0 Å². The van der Waals surface area contributed by atoms with Crippen LogP contribution in [0.25, 0.3) is 0 Å². The number of hydrogen-bond donors (Lipinski definition) is 1. The average molecular weight is 270 g/mol. The molecule has 2 rings (SSSR count). The highest BCUT2D eigenvalue weighted by atomic mass is 32.2. The van der Waals surface area contributed by atoms with E-state index in [1.165, 1.54) is 11.8 Å². The molecule has 0 bridgehead atoms. The summed E-state index contributed by atoms with van der Waals surface area (Å²) >= 11 is 1.42. The molecule has 6 nitrogen and oxygen atoms in total. The topological polar surface area (TPSA) is 69.0 Å². The molecule has 1 aromatic rings. The summed E-state index contributed by atoms with van der Waals surface area (Å²) in [5.41, 5.74) is 0. The molecule has 0 saturated heterocycles. The fraction of sp³-hybridized carbons (Fsp3) is 0.727. The molecule has 1 heterocycles. The first kappa shape index (κ1) is 13.4. The van der Waals surface area contributed by atoms with Crippen molar-refractivity contribution in [2.45, 2.75) is 37.5 Å². The SMILES string of the molecule is COCCn1c(C)nnc1SCC(=O)NC1CC1. The van der Waals surface area contributed by atoms with Gasteiger partial charge in [0.15, 0.2) is 5.16 Å². The molecular weight excluding hydrogens is 252 g/mol. The molecule has 100 valence electrons. The largest absolute Gasteiger partial charge is 0.383 e. The van der Waals surface area contributed by atoms with Gasteiger partial charge in [-0.05, 0) is 19.8 Å². The molecule has 0 aliphatic heterocycles. The van der Waals surface area contributed by atoms with Crippen molar-refractivity contribution in [2.75, 3.05) is 19.5 Å². The molecule has 1 aliphatic rings. The smallest absolute Gasteiger partial charge is 0.230 e. The fourth-order valence-corrected chi connectivity index (χ4v) is 2.36. The van der Waals surface area contributed by atoms with E-state index in [0.717, 1.165) is 23.8 Å². The quantitative estimate of drug-likeness (QED) is 0.735. The molecule has 1 N–H and O–H groups in total. The van der Waals surface area contributed by atoms with E-state index in [0.29, 0.717) is 24.9 Å². The number of aromatic nitrogens is 3. The maximum absolute atomic E-state index is 11.6. The summed E-state index contributed by atoms with van der Waals surface area (Å²) in [6, 6.07) is 0.409. The highest BCUT2D eigenvalue weighted by Gasteiger charge is 2.23. The van der Waals surface area contributed by atoms with Gasteiger partial charge in [-0.25, -0.2) is 0 Å². The van der Waals surface area contributed by atoms with E-state index in [4.69, 9.17) is 4.74 Å². The van der Waals surface area contributed by atoms with E-state index in [1.807, 2.05) is 11.5 Å². The Balaban J connectivity index is 1.85. The molecular formula is C11H18N4O2S. The minimum atomic E-state index is 0.0708. The van der Waals surface area contributed by atoms with Crippen LogP contribution in [0.15, 0.2) is 5.16 Å². The summed E-state index contributed by atoms with van der Waals surface area (Å²) in [7, 11) is 1.66. The first-order chi connectivity index (χ1) is 8.70. The van der Waals surface area contributed by atoms with Crippen molar-refractivity contribution in [1.82, 2.24) is 20.1 Å². The number of thioether (sulfide) groups is 1. The third-order valence-corrected chi connectivity index (χ3v) is 3.66. The number of nitrogens with one attached hydrogen (secondary N) is 1. The molecule has 0 unspecified atom stereocenters. The molecule has 0 radical (unpaired) electrons. The Morgan fingerprint density at radius 2 is 2.33 bits per heavy atom. The second kappa shape index (κ2) is 6.19. The van der Waals surface area contributed by atoms with Crippen molar-refractivity contribution in [3.8, 4) is 0 Å². The van der Waals surface area contributed by atoms with Crippen LogP contribution in [0.1, 0.15) is 18.7 Å². The Kier molecular flexibility index (Phi) is 4.60. The van der Waals surface area contributed by atoms with E-state index in [9.17, 15) is 4.79 Å². The van der Waals surface area contributed by atoms with Crippen molar-refractivity contribution >= 4 is 17.7 Å². The molecule has 18 heavy (non-hydrogen) atoms. The summed E-state index contributed by atoms with van der Waals surface area (Å²) in [6.07, 6.45) is 2.22. The lowest BCUT2D eigenvalue weighted by Crippen LogP contribution is -2.27. The number of amides is 1. The molecule has 1 amide bonds. The van der Waals surface area contributed by atoms with Gasteiger partial charge in [0.25, 0.3) is 0 Å². The van der Waals surface area contributed by atoms with Gasteiger partial charge in [0.1, 0.15) is 5.82 Å². The van der Waals surface area contributed by atoms with Crippen LogP contribution in [0.3, 0.4) is 0 Å². The van der Waals surface area contributed by atoms with E-state index >= 15 is 0 Å². The number of carbonyl (C=O) groups is 1. The lowest BCUT2D eigenvalue weighted by atomic mass is 10.6. The van der Waals surface area contributed by atoms with E-state index in [1.54, 1.807) is 7.11 Å². The summed E-state index contributed by atoms with van der Waals surface area (Å²) < 4.78 is 7.02. The lowest BCUT2D eigenvalue weighted by molar-refractivity contribution is -0.118. The third-order valence-electron chi connectivity index (χ3n) is 2.70. The number of carbonyl (C=O) groups excluding carboxylic acids is 1. The van der Waals surface area contributed by atoms with Crippen molar-refractivity contribution in [2.24, 2.45) is 0 Å². The van der Waals surface area contributed by atoms with Gasteiger partial charge >= 0.3 is 0 Å². The molecule has 0 aromatic carbocycles. The fourth-order valence-electron chi connectivity index (χ4n) is 1.54. The Morgan fingerprint density at radius 1 is 1.56 bits per heavy atom. The Bertz CT molecular complexity index is 417. The summed E-state index contributed by atoms with van der Waals surface area (Å²) in [5, 5.41) is 11.8. The predicted octanol–water partition coefficient (Wildman–Crippen LogP) is 0.604. The maximum Gasteiger partial charge on any atom is 0.230 e. The van der Waals surface area contributed by atoms with Crippen LogP contribution in [0.5, 0.6) is 0 Å². The first-order valence-corrected chi connectivity index (χ1v) is 7.00. The normalized spacial score (nSPS) is 14.8. The predicted molar refractivity (Wildman–Crippen MR) is 68.5 cm³/mol. The highest BCUT2D eigenvalue weighted by molar-refractivity contribution is 7.99. The van der Waals surface area contributed by atoms with Crippen molar-refractivity contribution in [1.29, 1.82) is 0 Å². The van der Waals surface area contributed by atoms with Gasteiger partial charge in [0.2, 0.25) is 5.91 Å². The first-order valence-electron chi connectivity index (χ1n) is 6.01. The Hall–Kier alpha value is -1.08. The molecule has 0 spiro atoms. The van der Waals surface area contributed by atoms with E-state index < -0.39 is 0 Å². The van der Waals surface area contributed by atoms with Gasteiger partial charge in [-0.15, -0.1) is 10.2 Å². The van der Waals surface area contributed by atoms with Crippen molar-refractivity contribution < 1.29 is 9.53 Å². The monoisotopic (exact) mass is 270 g/mol. The lowest BCUT2D eigenvalue weighted by Gasteiger charge is -2.07. The van der Waals surface area contributed by atoms with Gasteiger partial charge < -0.3 is 14.6 Å². The number of nitrogens with zero attached hydrogens (tertiary/aromatic N) is 3. The number of rotatable bonds is 7. The van der Waals surface area contributed by atoms with Crippen LogP contribution >= 0.6 is 11.8 Å². The summed E-state index contributed by atoms with van der Waals surface area (Å²) in [6.45, 7) is 3.22. The molecule has 0 atom stereocenters.